The van der Waals surface area contributed by atoms with Crippen LogP contribution in [-0.4, -0.2) is 37.8 Å². The molecule has 1 N–H and O–H groups in total. The number of pyridine rings is 1. The molecule has 0 saturated carbocycles. The van der Waals surface area contributed by atoms with Crippen LogP contribution in [0.2, 0.25) is 0 Å². The van der Waals surface area contributed by atoms with Crippen molar-refractivity contribution in [3.05, 3.63) is 24.0 Å². The Balaban J connectivity index is 2.10. The van der Waals surface area contributed by atoms with E-state index in [2.05, 4.69) is 28.2 Å². The third-order valence-corrected chi connectivity index (χ3v) is 3.43. The molecule has 0 aliphatic carbocycles. The lowest BCUT2D eigenvalue weighted by atomic mass is 10.1. The summed E-state index contributed by atoms with van der Waals surface area (Å²) in [5.74, 6) is 0. The molecule has 0 aromatic carbocycles. The SMILES string of the molecule is CCN(CC1CCCO1)c1cnccc1CNC. The van der Waals surface area contributed by atoms with Gasteiger partial charge < -0.3 is 15.0 Å². The van der Waals surface area contributed by atoms with E-state index in [0.29, 0.717) is 6.10 Å². The Morgan fingerprint density at radius 1 is 1.56 bits per heavy atom. The van der Waals surface area contributed by atoms with E-state index in [1.54, 1.807) is 0 Å². The van der Waals surface area contributed by atoms with Crippen molar-refractivity contribution in [3.8, 4) is 0 Å². The second-order valence-electron chi connectivity index (χ2n) is 4.71. The fourth-order valence-corrected chi connectivity index (χ4v) is 2.47. The zero-order valence-corrected chi connectivity index (χ0v) is 11.4. The van der Waals surface area contributed by atoms with E-state index in [4.69, 9.17) is 4.74 Å². The van der Waals surface area contributed by atoms with Crippen LogP contribution in [0.3, 0.4) is 0 Å². The van der Waals surface area contributed by atoms with Gasteiger partial charge in [-0.1, -0.05) is 0 Å². The number of anilines is 1. The van der Waals surface area contributed by atoms with Crippen molar-refractivity contribution in [3.63, 3.8) is 0 Å². The summed E-state index contributed by atoms with van der Waals surface area (Å²) in [5, 5.41) is 3.21. The van der Waals surface area contributed by atoms with Gasteiger partial charge >= 0.3 is 0 Å². The number of likely N-dealkylation sites (N-methyl/N-ethyl adjacent to an activating group) is 1. The molecule has 0 amide bonds. The highest BCUT2D eigenvalue weighted by atomic mass is 16.5. The molecule has 100 valence electrons. The Kier molecular flexibility index (Phi) is 4.96. The largest absolute Gasteiger partial charge is 0.376 e. The first kappa shape index (κ1) is 13.3. The van der Waals surface area contributed by atoms with Crippen molar-refractivity contribution in [1.82, 2.24) is 10.3 Å². The third kappa shape index (κ3) is 3.21. The molecule has 1 aromatic heterocycles. The van der Waals surface area contributed by atoms with Gasteiger partial charge in [0, 0.05) is 32.4 Å². The first-order chi connectivity index (χ1) is 8.85. The highest BCUT2D eigenvalue weighted by Crippen LogP contribution is 2.22. The Morgan fingerprint density at radius 3 is 3.11 bits per heavy atom. The Bertz CT molecular complexity index is 364. The highest BCUT2D eigenvalue weighted by Gasteiger charge is 2.20. The minimum atomic E-state index is 0.382. The Morgan fingerprint density at radius 2 is 2.44 bits per heavy atom. The second-order valence-corrected chi connectivity index (χ2v) is 4.71. The summed E-state index contributed by atoms with van der Waals surface area (Å²) in [6.07, 6.45) is 6.57. The molecule has 2 rings (SSSR count). The van der Waals surface area contributed by atoms with Gasteiger partial charge in [-0.05, 0) is 38.4 Å². The molecule has 1 fully saturated rings. The van der Waals surface area contributed by atoms with E-state index < -0.39 is 0 Å². The topological polar surface area (TPSA) is 37.4 Å². The molecule has 1 aromatic rings. The molecule has 0 spiro atoms. The monoisotopic (exact) mass is 249 g/mol. The molecule has 4 nitrogen and oxygen atoms in total. The number of nitrogens with zero attached hydrogens (tertiary/aromatic N) is 2. The first-order valence-electron chi connectivity index (χ1n) is 6.79. The zero-order chi connectivity index (χ0) is 12.8. The molecule has 1 aliphatic heterocycles. The summed E-state index contributed by atoms with van der Waals surface area (Å²) in [7, 11) is 1.97. The lowest BCUT2D eigenvalue weighted by molar-refractivity contribution is 0.115. The Labute approximate surface area is 109 Å². The molecule has 1 unspecified atom stereocenters. The second kappa shape index (κ2) is 6.71. The van der Waals surface area contributed by atoms with Crippen LogP contribution in [0.4, 0.5) is 5.69 Å². The normalized spacial score (nSPS) is 19.1. The number of hydrogen-bond donors (Lipinski definition) is 1. The molecule has 4 heteroatoms. The lowest BCUT2D eigenvalue weighted by Crippen LogP contribution is -2.33. The standard InChI is InChI=1S/C14H23N3O/c1-3-17(11-13-5-4-8-18-13)14-10-16-7-6-12(14)9-15-2/h6-7,10,13,15H,3-5,8-9,11H2,1-2H3. The van der Waals surface area contributed by atoms with Gasteiger partial charge in [-0.25, -0.2) is 0 Å². The van der Waals surface area contributed by atoms with Gasteiger partial charge in [0.2, 0.25) is 0 Å². The molecule has 0 bridgehead atoms. The average Bonchev–Trinajstić information content (AvgIpc) is 2.90. The van der Waals surface area contributed by atoms with Crippen LogP contribution in [0.15, 0.2) is 18.5 Å². The molecule has 1 atom stereocenters. The van der Waals surface area contributed by atoms with Crippen LogP contribution in [0.5, 0.6) is 0 Å². The van der Waals surface area contributed by atoms with Gasteiger partial charge in [-0.15, -0.1) is 0 Å². The number of aromatic nitrogens is 1. The summed E-state index contributed by atoms with van der Waals surface area (Å²) in [6.45, 7) is 5.94. The summed E-state index contributed by atoms with van der Waals surface area (Å²) in [5.41, 5.74) is 2.53. The quantitative estimate of drug-likeness (QED) is 0.834. The zero-order valence-electron chi connectivity index (χ0n) is 11.4. The molecular formula is C14H23N3O. The van der Waals surface area contributed by atoms with E-state index in [9.17, 15) is 0 Å². The van der Waals surface area contributed by atoms with Crippen molar-refractivity contribution >= 4 is 5.69 Å². The molecule has 2 heterocycles. The smallest absolute Gasteiger partial charge is 0.0750 e. The maximum absolute atomic E-state index is 5.73. The summed E-state index contributed by atoms with van der Waals surface area (Å²) >= 11 is 0. The van der Waals surface area contributed by atoms with Gasteiger partial charge in [-0.3, -0.25) is 4.98 Å². The highest BCUT2D eigenvalue weighted by molar-refractivity contribution is 5.51. The fourth-order valence-electron chi connectivity index (χ4n) is 2.47. The van der Waals surface area contributed by atoms with Crippen molar-refractivity contribution in [1.29, 1.82) is 0 Å². The first-order valence-corrected chi connectivity index (χ1v) is 6.79. The minimum Gasteiger partial charge on any atom is -0.376 e. The fraction of sp³-hybridized carbons (Fsp3) is 0.643. The Hall–Kier alpha value is -1.13. The number of nitrogens with one attached hydrogen (secondary N) is 1. The van der Waals surface area contributed by atoms with Crippen molar-refractivity contribution < 1.29 is 4.74 Å². The van der Waals surface area contributed by atoms with Crippen LogP contribution in [0.25, 0.3) is 0 Å². The van der Waals surface area contributed by atoms with Crippen LogP contribution in [-0.2, 0) is 11.3 Å². The third-order valence-electron chi connectivity index (χ3n) is 3.43. The molecule has 1 aliphatic rings. The van der Waals surface area contributed by atoms with E-state index >= 15 is 0 Å². The molecular weight excluding hydrogens is 226 g/mol. The van der Waals surface area contributed by atoms with Gasteiger partial charge in [-0.2, -0.15) is 0 Å². The van der Waals surface area contributed by atoms with E-state index in [1.165, 1.54) is 24.1 Å². The van der Waals surface area contributed by atoms with Gasteiger partial charge in [0.1, 0.15) is 0 Å². The lowest BCUT2D eigenvalue weighted by Gasteiger charge is -2.27. The minimum absolute atomic E-state index is 0.382. The average molecular weight is 249 g/mol. The summed E-state index contributed by atoms with van der Waals surface area (Å²) < 4.78 is 5.73. The van der Waals surface area contributed by atoms with Gasteiger partial charge in [0.25, 0.3) is 0 Å². The number of hydrogen-bond acceptors (Lipinski definition) is 4. The maximum atomic E-state index is 5.73. The van der Waals surface area contributed by atoms with Crippen molar-refractivity contribution in [2.24, 2.45) is 0 Å². The molecule has 0 radical (unpaired) electrons. The number of ether oxygens (including phenoxy) is 1. The van der Waals surface area contributed by atoms with Crippen molar-refractivity contribution in [2.75, 3.05) is 31.6 Å². The van der Waals surface area contributed by atoms with Crippen LogP contribution in [0.1, 0.15) is 25.3 Å². The predicted octanol–water partition coefficient (Wildman–Crippen LogP) is 1.81. The van der Waals surface area contributed by atoms with Gasteiger partial charge in [0.05, 0.1) is 18.0 Å². The van der Waals surface area contributed by atoms with E-state index in [0.717, 1.165) is 26.2 Å². The number of rotatable bonds is 6. The molecule has 1 saturated heterocycles. The van der Waals surface area contributed by atoms with Crippen LogP contribution < -0.4 is 10.2 Å². The predicted molar refractivity (Wildman–Crippen MR) is 73.9 cm³/mol. The van der Waals surface area contributed by atoms with Gasteiger partial charge in [0.15, 0.2) is 0 Å². The van der Waals surface area contributed by atoms with E-state index in [-0.39, 0.29) is 0 Å². The summed E-state index contributed by atoms with van der Waals surface area (Å²) in [6, 6.07) is 2.09. The van der Waals surface area contributed by atoms with Crippen LogP contribution in [0, 0.1) is 0 Å². The van der Waals surface area contributed by atoms with E-state index in [1.807, 2.05) is 19.4 Å². The van der Waals surface area contributed by atoms with Crippen LogP contribution >= 0.6 is 0 Å². The summed E-state index contributed by atoms with van der Waals surface area (Å²) in [4.78, 5) is 6.63. The molecule has 18 heavy (non-hydrogen) atoms. The maximum Gasteiger partial charge on any atom is 0.0750 e. The van der Waals surface area contributed by atoms with Crippen molar-refractivity contribution in [2.45, 2.75) is 32.4 Å².